The van der Waals surface area contributed by atoms with Gasteiger partial charge in [0.05, 0.1) is 6.61 Å². The van der Waals surface area contributed by atoms with Crippen molar-refractivity contribution in [2.75, 3.05) is 26.7 Å². The second kappa shape index (κ2) is 9.06. The van der Waals surface area contributed by atoms with Crippen LogP contribution in [0.1, 0.15) is 38.2 Å². The number of carbonyl (C=O) groups is 1. The van der Waals surface area contributed by atoms with Gasteiger partial charge < -0.3 is 15.4 Å². The van der Waals surface area contributed by atoms with Gasteiger partial charge in [0.25, 0.3) is 0 Å². The number of ether oxygens (including phenoxy) is 1. The number of aliphatic imine (C=N–C) groups is 1. The third-order valence-electron chi connectivity index (χ3n) is 4.26. The Balaban J connectivity index is 1.75. The number of esters is 1. The van der Waals surface area contributed by atoms with Crippen LogP contribution >= 0.6 is 15.9 Å². The van der Waals surface area contributed by atoms with Crippen LogP contribution in [-0.4, -0.2) is 38.7 Å². The van der Waals surface area contributed by atoms with Crippen molar-refractivity contribution in [1.82, 2.24) is 10.6 Å². The van der Waals surface area contributed by atoms with E-state index in [9.17, 15) is 4.79 Å². The summed E-state index contributed by atoms with van der Waals surface area (Å²) in [6.07, 6.45) is 3.54. The first-order chi connectivity index (χ1) is 11.6. The summed E-state index contributed by atoms with van der Waals surface area (Å²) in [4.78, 5) is 15.6. The van der Waals surface area contributed by atoms with Gasteiger partial charge in [-0.15, -0.1) is 0 Å². The van der Waals surface area contributed by atoms with Crippen LogP contribution in [0.25, 0.3) is 0 Å². The minimum Gasteiger partial charge on any atom is -0.466 e. The molecule has 2 rings (SSSR count). The molecular weight excluding hydrogens is 370 g/mol. The number of hydrogen-bond acceptors (Lipinski definition) is 3. The third kappa shape index (κ3) is 5.51. The Morgan fingerprint density at radius 2 is 2.17 bits per heavy atom. The SMILES string of the molecule is CCOC(=O)CCCNC(=NC)NCC1(c2cccc(Br)c2)CC1. The summed E-state index contributed by atoms with van der Waals surface area (Å²) in [5.41, 5.74) is 1.58. The molecule has 1 saturated carbocycles. The molecule has 0 radical (unpaired) electrons. The highest BCUT2D eigenvalue weighted by Crippen LogP contribution is 2.48. The lowest BCUT2D eigenvalue weighted by molar-refractivity contribution is -0.143. The van der Waals surface area contributed by atoms with E-state index in [0.29, 0.717) is 19.6 Å². The standard InChI is InChI=1S/C18H26BrN3O2/c1-3-24-16(23)8-5-11-21-17(20-2)22-13-18(9-10-18)14-6-4-7-15(19)12-14/h4,6-7,12H,3,5,8-11,13H2,1-2H3,(H2,20,21,22). The van der Waals surface area contributed by atoms with E-state index in [2.05, 4.69) is 55.8 Å². The molecule has 0 aromatic heterocycles. The molecule has 6 heteroatoms. The molecule has 0 amide bonds. The van der Waals surface area contributed by atoms with Gasteiger partial charge in [-0.1, -0.05) is 28.1 Å². The summed E-state index contributed by atoms with van der Waals surface area (Å²) in [6.45, 7) is 3.82. The summed E-state index contributed by atoms with van der Waals surface area (Å²) in [7, 11) is 1.76. The minimum absolute atomic E-state index is 0.145. The van der Waals surface area contributed by atoms with Crippen molar-refractivity contribution in [2.45, 2.75) is 38.0 Å². The predicted molar refractivity (Wildman–Crippen MR) is 100 cm³/mol. The average Bonchev–Trinajstić information content (AvgIpc) is 3.36. The first kappa shape index (κ1) is 18.8. The predicted octanol–water partition coefficient (Wildman–Crippen LogP) is 2.99. The molecule has 132 valence electrons. The normalized spacial score (nSPS) is 15.7. The number of carbonyl (C=O) groups excluding carboxylic acids is 1. The van der Waals surface area contributed by atoms with Crippen molar-refractivity contribution >= 4 is 27.9 Å². The van der Waals surface area contributed by atoms with Crippen LogP contribution in [0, 0.1) is 0 Å². The number of hydrogen-bond donors (Lipinski definition) is 2. The van der Waals surface area contributed by atoms with Gasteiger partial charge in [-0.3, -0.25) is 9.79 Å². The smallest absolute Gasteiger partial charge is 0.305 e. The Kier molecular flexibility index (Phi) is 7.09. The van der Waals surface area contributed by atoms with E-state index < -0.39 is 0 Å². The summed E-state index contributed by atoms with van der Waals surface area (Å²) < 4.78 is 6.04. The molecular formula is C18H26BrN3O2. The number of rotatable bonds is 8. The minimum atomic E-state index is -0.145. The molecule has 1 fully saturated rings. The van der Waals surface area contributed by atoms with Gasteiger partial charge in [-0.2, -0.15) is 0 Å². The lowest BCUT2D eigenvalue weighted by Gasteiger charge is -2.19. The van der Waals surface area contributed by atoms with Crippen LogP contribution in [0.4, 0.5) is 0 Å². The summed E-state index contributed by atoms with van der Waals surface area (Å²) in [6, 6.07) is 8.53. The third-order valence-corrected chi connectivity index (χ3v) is 4.76. The number of nitrogens with one attached hydrogen (secondary N) is 2. The number of benzene rings is 1. The van der Waals surface area contributed by atoms with E-state index in [1.165, 1.54) is 18.4 Å². The maximum absolute atomic E-state index is 11.3. The number of guanidine groups is 1. The van der Waals surface area contributed by atoms with E-state index in [-0.39, 0.29) is 11.4 Å². The lowest BCUT2D eigenvalue weighted by Crippen LogP contribution is -2.41. The average molecular weight is 396 g/mol. The lowest BCUT2D eigenvalue weighted by atomic mass is 9.96. The highest BCUT2D eigenvalue weighted by molar-refractivity contribution is 9.10. The van der Waals surface area contributed by atoms with Gasteiger partial charge >= 0.3 is 5.97 Å². The van der Waals surface area contributed by atoms with Gasteiger partial charge in [0.1, 0.15) is 0 Å². The number of nitrogens with zero attached hydrogens (tertiary/aromatic N) is 1. The molecule has 0 spiro atoms. The Morgan fingerprint density at radius 3 is 2.79 bits per heavy atom. The molecule has 0 heterocycles. The largest absolute Gasteiger partial charge is 0.466 e. The van der Waals surface area contributed by atoms with Crippen LogP contribution in [0.15, 0.2) is 33.7 Å². The van der Waals surface area contributed by atoms with Gasteiger partial charge in [0.15, 0.2) is 5.96 Å². The first-order valence-electron chi connectivity index (χ1n) is 8.46. The fourth-order valence-electron chi connectivity index (χ4n) is 2.68. The van der Waals surface area contributed by atoms with Crippen LogP contribution in [0.5, 0.6) is 0 Å². The van der Waals surface area contributed by atoms with Gasteiger partial charge in [-0.05, 0) is 43.9 Å². The van der Waals surface area contributed by atoms with E-state index in [1.54, 1.807) is 7.05 Å². The maximum Gasteiger partial charge on any atom is 0.305 e. The van der Waals surface area contributed by atoms with Crippen LogP contribution in [0.2, 0.25) is 0 Å². The summed E-state index contributed by atoms with van der Waals surface area (Å²) >= 11 is 3.55. The molecule has 0 aliphatic heterocycles. The fraction of sp³-hybridized carbons (Fsp3) is 0.556. The van der Waals surface area contributed by atoms with E-state index >= 15 is 0 Å². The van der Waals surface area contributed by atoms with Crippen molar-refractivity contribution in [3.8, 4) is 0 Å². The highest BCUT2D eigenvalue weighted by atomic mass is 79.9. The summed E-state index contributed by atoms with van der Waals surface area (Å²) in [5, 5.41) is 6.66. The highest BCUT2D eigenvalue weighted by Gasteiger charge is 2.44. The zero-order chi connectivity index (χ0) is 17.4. The van der Waals surface area contributed by atoms with Crippen molar-refractivity contribution in [2.24, 2.45) is 4.99 Å². The van der Waals surface area contributed by atoms with Crippen LogP contribution < -0.4 is 10.6 Å². The van der Waals surface area contributed by atoms with Crippen molar-refractivity contribution in [3.63, 3.8) is 0 Å². The molecule has 1 aromatic carbocycles. The fourth-order valence-corrected chi connectivity index (χ4v) is 3.08. The zero-order valence-corrected chi connectivity index (χ0v) is 16.0. The molecule has 1 aliphatic carbocycles. The maximum atomic E-state index is 11.3. The molecule has 0 atom stereocenters. The van der Waals surface area contributed by atoms with Crippen LogP contribution in [-0.2, 0) is 14.9 Å². The molecule has 5 nitrogen and oxygen atoms in total. The van der Waals surface area contributed by atoms with Gasteiger partial charge in [-0.25, -0.2) is 0 Å². The number of halogens is 1. The topological polar surface area (TPSA) is 62.7 Å². The molecule has 0 saturated heterocycles. The molecule has 1 aliphatic rings. The molecule has 2 N–H and O–H groups in total. The van der Waals surface area contributed by atoms with Crippen LogP contribution in [0.3, 0.4) is 0 Å². The second-order valence-corrected chi connectivity index (χ2v) is 6.97. The van der Waals surface area contributed by atoms with E-state index in [1.807, 2.05) is 6.92 Å². The molecule has 24 heavy (non-hydrogen) atoms. The Morgan fingerprint density at radius 1 is 1.38 bits per heavy atom. The quantitative estimate of drug-likeness (QED) is 0.307. The summed E-state index contributed by atoms with van der Waals surface area (Å²) in [5.74, 6) is 0.633. The van der Waals surface area contributed by atoms with Gasteiger partial charge in [0, 0.05) is 36.4 Å². The van der Waals surface area contributed by atoms with E-state index in [0.717, 1.165) is 23.4 Å². The Hall–Kier alpha value is -1.56. The van der Waals surface area contributed by atoms with Crippen molar-refractivity contribution in [3.05, 3.63) is 34.3 Å². The van der Waals surface area contributed by atoms with Crippen molar-refractivity contribution in [1.29, 1.82) is 0 Å². The van der Waals surface area contributed by atoms with Crippen molar-refractivity contribution < 1.29 is 9.53 Å². The molecule has 1 aromatic rings. The Labute approximate surface area is 152 Å². The monoisotopic (exact) mass is 395 g/mol. The first-order valence-corrected chi connectivity index (χ1v) is 9.25. The Bertz CT molecular complexity index is 585. The van der Waals surface area contributed by atoms with Gasteiger partial charge in [0.2, 0.25) is 0 Å². The van der Waals surface area contributed by atoms with E-state index in [4.69, 9.17) is 4.74 Å². The molecule has 0 unspecified atom stereocenters. The molecule has 0 bridgehead atoms. The second-order valence-electron chi connectivity index (χ2n) is 6.05. The zero-order valence-electron chi connectivity index (χ0n) is 14.4.